The molecule has 8 nitrogen and oxygen atoms in total. The van der Waals surface area contributed by atoms with Crippen molar-refractivity contribution in [2.24, 2.45) is 0 Å². The lowest BCUT2D eigenvalue weighted by Gasteiger charge is -2.08. The van der Waals surface area contributed by atoms with Crippen LogP contribution in [0.4, 0.5) is 15.8 Å². The number of nitrogens with one attached hydrogen (secondary N) is 1. The number of amides is 1. The van der Waals surface area contributed by atoms with Crippen molar-refractivity contribution in [2.45, 2.75) is 0 Å². The first-order chi connectivity index (χ1) is 12.3. The number of halogens is 2. The predicted octanol–water partition coefficient (Wildman–Crippen LogP) is 3.19. The molecule has 0 bridgehead atoms. The lowest BCUT2D eigenvalue weighted by molar-refractivity contribution is -0.383. The second kappa shape index (κ2) is 8.26. The molecular weight excluding hydrogens is 371 g/mol. The second-order valence-corrected chi connectivity index (χ2v) is 5.33. The van der Waals surface area contributed by atoms with E-state index in [0.29, 0.717) is 0 Å². The van der Waals surface area contributed by atoms with Gasteiger partial charge in [0.25, 0.3) is 11.6 Å². The summed E-state index contributed by atoms with van der Waals surface area (Å²) in [6.07, 6.45) is 0. The molecule has 0 spiro atoms. The lowest BCUT2D eigenvalue weighted by Crippen LogP contribution is -2.21. The quantitative estimate of drug-likeness (QED) is 0.467. The van der Waals surface area contributed by atoms with E-state index in [2.05, 4.69) is 5.32 Å². The van der Waals surface area contributed by atoms with Crippen LogP contribution in [-0.4, -0.2) is 30.5 Å². The fraction of sp³-hybridized carbons (Fsp3) is 0.125. The van der Waals surface area contributed by atoms with Crippen molar-refractivity contribution in [3.63, 3.8) is 0 Å². The van der Waals surface area contributed by atoms with Crippen LogP contribution in [0.5, 0.6) is 5.75 Å². The zero-order chi connectivity index (χ0) is 19.3. The summed E-state index contributed by atoms with van der Waals surface area (Å²) in [5, 5.41) is 13.3. The molecule has 0 fully saturated rings. The van der Waals surface area contributed by atoms with Gasteiger partial charge in [-0.15, -0.1) is 0 Å². The van der Waals surface area contributed by atoms with Crippen molar-refractivity contribution in [1.29, 1.82) is 0 Å². The zero-order valence-electron chi connectivity index (χ0n) is 13.3. The molecule has 0 aliphatic rings. The van der Waals surface area contributed by atoms with Crippen molar-refractivity contribution in [2.75, 3.05) is 19.0 Å². The van der Waals surface area contributed by atoms with Gasteiger partial charge in [0, 0.05) is 11.1 Å². The summed E-state index contributed by atoms with van der Waals surface area (Å²) in [6.45, 7) is -0.726. The fourth-order valence-corrected chi connectivity index (χ4v) is 2.13. The highest BCUT2D eigenvalue weighted by Gasteiger charge is 2.18. The summed E-state index contributed by atoms with van der Waals surface area (Å²) in [7, 11) is 1.27. The molecule has 136 valence electrons. The van der Waals surface area contributed by atoms with Gasteiger partial charge in [0.15, 0.2) is 18.2 Å². The van der Waals surface area contributed by atoms with Gasteiger partial charge in [0.2, 0.25) is 0 Å². The molecule has 0 saturated carbocycles. The highest BCUT2D eigenvalue weighted by Crippen LogP contribution is 2.27. The van der Waals surface area contributed by atoms with Crippen LogP contribution in [-0.2, 0) is 9.53 Å². The molecule has 0 atom stereocenters. The number of carbonyl (C=O) groups excluding carboxylic acids is 2. The van der Waals surface area contributed by atoms with Crippen LogP contribution in [0.3, 0.4) is 0 Å². The molecule has 2 rings (SSSR count). The third kappa shape index (κ3) is 4.67. The van der Waals surface area contributed by atoms with Crippen molar-refractivity contribution in [1.82, 2.24) is 0 Å². The first kappa shape index (κ1) is 19.1. The van der Waals surface area contributed by atoms with Gasteiger partial charge in [-0.05, 0) is 30.3 Å². The van der Waals surface area contributed by atoms with Gasteiger partial charge in [-0.1, -0.05) is 11.6 Å². The Bertz CT molecular complexity index is 874. The van der Waals surface area contributed by atoms with Crippen molar-refractivity contribution >= 4 is 34.9 Å². The smallest absolute Gasteiger partial charge is 0.338 e. The second-order valence-electron chi connectivity index (χ2n) is 4.89. The van der Waals surface area contributed by atoms with Crippen LogP contribution >= 0.6 is 11.6 Å². The lowest BCUT2D eigenvalue weighted by atomic mass is 10.2. The monoisotopic (exact) mass is 382 g/mol. The minimum absolute atomic E-state index is 0.0486. The van der Waals surface area contributed by atoms with Crippen LogP contribution in [0.15, 0.2) is 36.4 Å². The first-order valence-corrected chi connectivity index (χ1v) is 7.44. The number of nitro groups is 1. The van der Waals surface area contributed by atoms with Gasteiger partial charge in [0.05, 0.1) is 17.6 Å². The molecule has 2 aromatic carbocycles. The Morgan fingerprint density at radius 2 is 2.00 bits per heavy atom. The number of anilines is 1. The maximum Gasteiger partial charge on any atom is 0.338 e. The molecule has 0 saturated heterocycles. The maximum atomic E-state index is 13.6. The SMILES string of the molecule is COc1ccc(C(=O)OCC(=O)Nc2cc(Cl)ccc2[N+](=O)[O-])cc1F. The normalized spacial score (nSPS) is 10.1. The van der Waals surface area contributed by atoms with Crippen LogP contribution in [0.25, 0.3) is 0 Å². The van der Waals surface area contributed by atoms with Gasteiger partial charge >= 0.3 is 5.97 Å². The van der Waals surface area contributed by atoms with E-state index in [1.807, 2.05) is 0 Å². The Balaban J connectivity index is 2.01. The number of rotatable bonds is 6. The van der Waals surface area contributed by atoms with E-state index >= 15 is 0 Å². The van der Waals surface area contributed by atoms with Crippen molar-refractivity contribution < 1.29 is 28.4 Å². The molecule has 0 aliphatic heterocycles. The largest absolute Gasteiger partial charge is 0.494 e. The van der Waals surface area contributed by atoms with Crippen molar-refractivity contribution in [3.8, 4) is 5.75 Å². The molecule has 0 radical (unpaired) electrons. The molecule has 0 heterocycles. The molecule has 0 unspecified atom stereocenters. The van der Waals surface area contributed by atoms with Crippen LogP contribution in [0, 0.1) is 15.9 Å². The number of esters is 1. The average Bonchev–Trinajstić information content (AvgIpc) is 2.59. The van der Waals surface area contributed by atoms with E-state index in [1.165, 1.54) is 31.4 Å². The highest BCUT2D eigenvalue weighted by molar-refractivity contribution is 6.31. The van der Waals surface area contributed by atoms with E-state index < -0.39 is 29.2 Å². The molecular formula is C16H12ClFN2O6. The molecule has 0 aliphatic carbocycles. The molecule has 1 amide bonds. The molecule has 0 aromatic heterocycles. The van der Waals surface area contributed by atoms with Gasteiger partial charge in [0.1, 0.15) is 5.69 Å². The first-order valence-electron chi connectivity index (χ1n) is 7.06. The van der Waals surface area contributed by atoms with E-state index in [4.69, 9.17) is 21.1 Å². The number of benzene rings is 2. The molecule has 2 aromatic rings. The number of ether oxygens (including phenoxy) is 2. The maximum absolute atomic E-state index is 13.6. The summed E-state index contributed by atoms with van der Waals surface area (Å²) < 4.78 is 23.1. The van der Waals surface area contributed by atoms with Crippen LogP contribution < -0.4 is 10.1 Å². The number of hydrogen-bond acceptors (Lipinski definition) is 6. The topological polar surface area (TPSA) is 108 Å². The summed E-state index contributed by atoms with van der Waals surface area (Å²) in [4.78, 5) is 33.9. The number of hydrogen-bond donors (Lipinski definition) is 1. The van der Waals surface area contributed by atoms with E-state index in [9.17, 15) is 24.1 Å². The summed E-state index contributed by atoms with van der Waals surface area (Å²) in [6, 6.07) is 7.03. The Morgan fingerprint density at radius 3 is 2.62 bits per heavy atom. The minimum Gasteiger partial charge on any atom is -0.494 e. The number of carbonyl (C=O) groups is 2. The summed E-state index contributed by atoms with van der Waals surface area (Å²) in [5.74, 6) is -2.58. The number of methoxy groups -OCH3 is 1. The van der Waals surface area contributed by atoms with Gasteiger partial charge < -0.3 is 14.8 Å². The van der Waals surface area contributed by atoms with Gasteiger partial charge in [-0.3, -0.25) is 14.9 Å². The van der Waals surface area contributed by atoms with E-state index in [0.717, 1.165) is 12.1 Å². The third-order valence-corrected chi connectivity index (χ3v) is 3.39. The average molecular weight is 383 g/mol. The van der Waals surface area contributed by atoms with Gasteiger partial charge in [-0.2, -0.15) is 0 Å². The third-order valence-electron chi connectivity index (χ3n) is 3.15. The molecule has 1 N–H and O–H groups in total. The minimum atomic E-state index is -0.942. The predicted molar refractivity (Wildman–Crippen MR) is 90.0 cm³/mol. The standard InChI is InChI=1S/C16H12ClFN2O6/c1-25-14-5-2-9(6-11(14)18)16(22)26-8-15(21)19-12-7-10(17)3-4-13(12)20(23)24/h2-7H,8H2,1H3,(H,19,21). The van der Waals surface area contributed by atoms with Crippen molar-refractivity contribution in [3.05, 3.63) is 62.9 Å². The number of nitrogens with zero attached hydrogens (tertiary/aromatic N) is 1. The number of nitro benzene ring substituents is 1. The van der Waals surface area contributed by atoms with Crippen LogP contribution in [0.1, 0.15) is 10.4 Å². The Kier molecular flexibility index (Phi) is 6.07. The zero-order valence-corrected chi connectivity index (χ0v) is 14.1. The Hall–Kier alpha value is -3.20. The Labute approximate surface area is 151 Å². The van der Waals surface area contributed by atoms with E-state index in [-0.39, 0.29) is 27.7 Å². The molecule has 26 heavy (non-hydrogen) atoms. The molecule has 10 heteroatoms. The summed E-state index contributed by atoms with van der Waals surface area (Å²) >= 11 is 5.75. The van der Waals surface area contributed by atoms with Crippen LogP contribution in [0.2, 0.25) is 5.02 Å². The van der Waals surface area contributed by atoms with E-state index in [1.54, 1.807) is 0 Å². The summed E-state index contributed by atoms with van der Waals surface area (Å²) in [5.41, 5.74) is -0.629. The Morgan fingerprint density at radius 1 is 1.27 bits per heavy atom. The highest BCUT2D eigenvalue weighted by atomic mass is 35.5. The van der Waals surface area contributed by atoms with Gasteiger partial charge in [-0.25, -0.2) is 9.18 Å². The fourth-order valence-electron chi connectivity index (χ4n) is 1.96.